The largest absolute Gasteiger partial charge is 0.296 e. The zero-order valence-corrected chi connectivity index (χ0v) is 11.0. The second-order valence-corrected chi connectivity index (χ2v) is 5.75. The Morgan fingerprint density at radius 3 is 2.69 bits per heavy atom. The average Bonchev–Trinajstić information content (AvgIpc) is 2.57. The summed E-state index contributed by atoms with van der Waals surface area (Å²) in [5.74, 6) is 0. The van der Waals surface area contributed by atoms with Gasteiger partial charge in [0, 0.05) is 12.1 Å². The highest BCUT2D eigenvalue weighted by Crippen LogP contribution is 2.41. The Kier molecular flexibility index (Phi) is 2.64. The summed E-state index contributed by atoms with van der Waals surface area (Å²) in [7, 11) is 2.24. The minimum atomic E-state index is 0.485. The van der Waals surface area contributed by atoms with Crippen LogP contribution in [0.4, 0.5) is 0 Å². The van der Waals surface area contributed by atoms with Crippen molar-refractivity contribution in [2.75, 3.05) is 7.05 Å². The Bertz CT molecular complexity index is 412. The number of hydrogen-bond donors (Lipinski definition) is 0. The molecule has 0 unspecified atom stereocenters. The standard InChI is InChI=1S/C14H16BrN/c1-16-11-7-8-13(16)14(15)12(9-11)10-5-3-2-4-6-10/h2-6,9,11,13-14H,7-8H2,1H3/t11-,13-,14-/m1/s1. The molecule has 0 spiro atoms. The van der Waals surface area contributed by atoms with Gasteiger partial charge in [0.25, 0.3) is 0 Å². The Hall–Kier alpha value is -0.600. The highest BCUT2D eigenvalue weighted by atomic mass is 79.9. The molecule has 0 amide bonds. The molecule has 0 radical (unpaired) electrons. The molecule has 16 heavy (non-hydrogen) atoms. The molecule has 2 aliphatic rings. The van der Waals surface area contributed by atoms with Crippen molar-refractivity contribution in [3.63, 3.8) is 0 Å². The highest BCUT2D eigenvalue weighted by Gasteiger charge is 2.39. The Labute approximate surface area is 105 Å². The van der Waals surface area contributed by atoms with E-state index in [0.717, 1.165) is 0 Å². The Morgan fingerprint density at radius 1 is 1.19 bits per heavy atom. The van der Waals surface area contributed by atoms with Crippen molar-refractivity contribution in [3.05, 3.63) is 42.0 Å². The predicted molar refractivity (Wildman–Crippen MR) is 71.7 cm³/mol. The Balaban J connectivity index is 2.00. The number of likely N-dealkylation sites (N-methyl/N-ethyl adjacent to an activating group) is 1. The molecule has 0 N–H and O–H groups in total. The molecule has 1 saturated heterocycles. The first kappa shape index (κ1) is 10.5. The summed E-state index contributed by atoms with van der Waals surface area (Å²) in [5.41, 5.74) is 2.85. The van der Waals surface area contributed by atoms with Crippen LogP contribution < -0.4 is 0 Å². The van der Waals surface area contributed by atoms with E-state index in [1.807, 2.05) is 0 Å². The zero-order chi connectivity index (χ0) is 11.1. The summed E-state index contributed by atoms with van der Waals surface area (Å²) in [6.45, 7) is 0. The molecule has 1 fully saturated rings. The molecular weight excluding hydrogens is 262 g/mol. The summed E-state index contributed by atoms with van der Waals surface area (Å²) < 4.78 is 0. The molecule has 0 aliphatic carbocycles. The molecule has 1 nitrogen and oxygen atoms in total. The average molecular weight is 278 g/mol. The van der Waals surface area contributed by atoms with Gasteiger partial charge >= 0.3 is 0 Å². The van der Waals surface area contributed by atoms with E-state index in [-0.39, 0.29) is 0 Å². The van der Waals surface area contributed by atoms with Crippen LogP contribution in [-0.2, 0) is 0 Å². The van der Waals surface area contributed by atoms with E-state index in [1.165, 1.54) is 24.0 Å². The number of rotatable bonds is 1. The molecule has 3 atom stereocenters. The van der Waals surface area contributed by atoms with Crippen LogP contribution in [0.15, 0.2) is 36.4 Å². The lowest BCUT2D eigenvalue weighted by Gasteiger charge is -2.34. The summed E-state index contributed by atoms with van der Waals surface area (Å²) in [4.78, 5) is 2.99. The van der Waals surface area contributed by atoms with E-state index in [4.69, 9.17) is 0 Å². The zero-order valence-electron chi connectivity index (χ0n) is 9.44. The van der Waals surface area contributed by atoms with Crippen LogP contribution in [-0.4, -0.2) is 28.9 Å². The fourth-order valence-electron chi connectivity index (χ4n) is 2.94. The Morgan fingerprint density at radius 2 is 1.94 bits per heavy atom. The van der Waals surface area contributed by atoms with Crippen LogP contribution in [0.5, 0.6) is 0 Å². The number of halogens is 1. The van der Waals surface area contributed by atoms with Crippen LogP contribution in [0.3, 0.4) is 0 Å². The summed E-state index contributed by atoms with van der Waals surface area (Å²) in [5, 5.41) is 0. The van der Waals surface area contributed by atoms with Crippen molar-refractivity contribution < 1.29 is 0 Å². The number of alkyl halides is 1. The lowest BCUT2D eigenvalue weighted by molar-refractivity contribution is 0.270. The third kappa shape index (κ3) is 1.56. The first-order valence-corrected chi connectivity index (χ1v) is 6.82. The van der Waals surface area contributed by atoms with Gasteiger partial charge in [-0.3, -0.25) is 4.90 Å². The normalized spacial score (nSPS) is 33.9. The number of hydrogen-bond acceptors (Lipinski definition) is 1. The first-order valence-electron chi connectivity index (χ1n) is 5.90. The molecular formula is C14H16BrN. The topological polar surface area (TPSA) is 3.24 Å². The second-order valence-electron chi connectivity index (χ2n) is 4.77. The summed E-state index contributed by atoms with van der Waals surface area (Å²) in [6.07, 6.45) is 5.06. The van der Waals surface area contributed by atoms with Crippen LogP contribution in [0.2, 0.25) is 0 Å². The quantitative estimate of drug-likeness (QED) is 0.712. The third-order valence-electron chi connectivity index (χ3n) is 3.92. The molecule has 2 bridgehead atoms. The second kappa shape index (κ2) is 4.01. The van der Waals surface area contributed by atoms with Crippen LogP contribution >= 0.6 is 15.9 Å². The maximum atomic E-state index is 3.88. The van der Waals surface area contributed by atoms with Gasteiger partial charge in [-0.25, -0.2) is 0 Å². The molecule has 1 aromatic rings. The van der Waals surface area contributed by atoms with E-state index in [2.05, 4.69) is 64.3 Å². The number of benzene rings is 1. The van der Waals surface area contributed by atoms with E-state index in [1.54, 1.807) is 0 Å². The molecule has 2 heteroatoms. The van der Waals surface area contributed by atoms with Gasteiger partial charge in [-0.15, -0.1) is 0 Å². The minimum Gasteiger partial charge on any atom is -0.296 e. The van der Waals surface area contributed by atoms with Gasteiger partial charge < -0.3 is 0 Å². The summed E-state index contributed by atoms with van der Waals surface area (Å²) >= 11 is 3.88. The number of nitrogens with zero attached hydrogens (tertiary/aromatic N) is 1. The SMILES string of the molecule is CN1[C@@H]2CC[C@@H]1C=C(c1ccccc1)[C@H]2Br. The third-order valence-corrected chi connectivity index (χ3v) is 5.02. The molecule has 2 aliphatic heterocycles. The van der Waals surface area contributed by atoms with E-state index >= 15 is 0 Å². The molecule has 1 aromatic carbocycles. The monoisotopic (exact) mass is 277 g/mol. The van der Waals surface area contributed by atoms with Gasteiger partial charge in [-0.1, -0.05) is 52.3 Å². The van der Waals surface area contributed by atoms with Crippen molar-refractivity contribution in [2.45, 2.75) is 29.8 Å². The van der Waals surface area contributed by atoms with Gasteiger partial charge in [-0.05, 0) is 31.0 Å². The smallest absolute Gasteiger partial charge is 0.0554 e. The fraction of sp³-hybridized carbons (Fsp3) is 0.429. The summed E-state index contributed by atoms with van der Waals surface area (Å²) in [6, 6.07) is 12.1. The molecule has 0 aromatic heterocycles. The van der Waals surface area contributed by atoms with Gasteiger partial charge in [0.05, 0.1) is 4.83 Å². The lowest BCUT2D eigenvalue weighted by atomic mass is 9.95. The van der Waals surface area contributed by atoms with Crippen molar-refractivity contribution >= 4 is 21.5 Å². The van der Waals surface area contributed by atoms with Gasteiger partial charge in [0.15, 0.2) is 0 Å². The van der Waals surface area contributed by atoms with Crippen molar-refractivity contribution in [3.8, 4) is 0 Å². The van der Waals surface area contributed by atoms with Crippen LogP contribution in [0, 0.1) is 0 Å². The van der Waals surface area contributed by atoms with Crippen LogP contribution in [0.1, 0.15) is 18.4 Å². The maximum Gasteiger partial charge on any atom is 0.0554 e. The van der Waals surface area contributed by atoms with E-state index < -0.39 is 0 Å². The van der Waals surface area contributed by atoms with E-state index in [9.17, 15) is 0 Å². The predicted octanol–water partition coefficient (Wildman–Crippen LogP) is 3.31. The molecule has 0 saturated carbocycles. The first-order chi connectivity index (χ1) is 7.77. The highest BCUT2D eigenvalue weighted by molar-refractivity contribution is 9.09. The van der Waals surface area contributed by atoms with Crippen LogP contribution in [0.25, 0.3) is 5.57 Å². The van der Waals surface area contributed by atoms with Gasteiger partial charge in [0.1, 0.15) is 0 Å². The maximum absolute atomic E-state index is 3.88. The van der Waals surface area contributed by atoms with Crippen molar-refractivity contribution in [2.24, 2.45) is 0 Å². The minimum absolute atomic E-state index is 0.485. The van der Waals surface area contributed by atoms with Gasteiger partial charge in [-0.2, -0.15) is 0 Å². The molecule has 2 heterocycles. The molecule has 84 valence electrons. The lowest BCUT2D eigenvalue weighted by Crippen LogP contribution is -2.41. The molecule has 3 rings (SSSR count). The van der Waals surface area contributed by atoms with Crippen molar-refractivity contribution in [1.82, 2.24) is 4.90 Å². The van der Waals surface area contributed by atoms with Gasteiger partial charge in [0.2, 0.25) is 0 Å². The van der Waals surface area contributed by atoms with E-state index in [0.29, 0.717) is 16.9 Å². The number of fused-ring (bicyclic) bond motifs is 2. The fourth-order valence-corrected chi connectivity index (χ4v) is 4.00. The van der Waals surface area contributed by atoms with Crippen molar-refractivity contribution in [1.29, 1.82) is 0 Å².